The van der Waals surface area contributed by atoms with Crippen molar-refractivity contribution in [1.82, 2.24) is 0 Å². The first kappa shape index (κ1) is 23.1. The average Bonchev–Trinajstić information content (AvgIpc) is 3.16. The van der Waals surface area contributed by atoms with Crippen molar-refractivity contribution in [3.05, 3.63) is 47.0 Å². The third-order valence-electron chi connectivity index (χ3n) is 5.35. The number of ether oxygens (including phenoxy) is 4. The van der Waals surface area contributed by atoms with Gasteiger partial charge in [-0.1, -0.05) is 12.1 Å². The quantitative estimate of drug-likeness (QED) is 0.396. The molecule has 0 fully saturated rings. The largest absolute Gasteiger partial charge is 0.493 e. The van der Waals surface area contributed by atoms with E-state index in [0.717, 1.165) is 16.7 Å². The first-order valence-electron chi connectivity index (χ1n) is 10.3. The van der Waals surface area contributed by atoms with Gasteiger partial charge >= 0.3 is 0 Å². The van der Waals surface area contributed by atoms with Crippen LogP contribution in [0.15, 0.2) is 30.3 Å². The highest BCUT2D eigenvalue weighted by molar-refractivity contribution is 5.56. The Kier molecular flexibility index (Phi) is 7.97. The maximum Gasteiger partial charge on any atom is 0.199 e. The lowest BCUT2D eigenvalue weighted by Gasteiger charge is -2.20. The van der Waals surface area contributed by atoms with Gasteiger partial charge in [-0.2, -0.15) is 0 Å². The minimum atomic E-state index is -1.15. The summed E-state index contributed by atoms with van der Waals surface area (Å²) in [6, 6.07) is 9.10. The van der Waals surface area contributed by atoms with E-state index in [2.05, 4.69) is 0 Å². The summed E-state index contributed by atoms with van der Waals surface area (Å²) in [7, 11) is 3.07. The summed E-state index contributed by atoms with van der Waals surface area (Å²) < 4.78 is 22.6. The number of hydrogen-bond acceptors (Lipinski definition) is 8. The maximum atomic E-state index is 10.2. The van der Waals surface area contributed by atoms with E-state index in [9.17, 15) is 10.2 Å². The van der Waals surface area contributed by atoms with E-state index in [1.807, 2.05) is 12.1 Å². The van der Waals surface area contributed by atoms with E-state index in [4.69, 9.17) is 29.2 Å². The first-order valence-corrected chi connectivity index (χ1v) is 10.3. The Balaban J connectivity index is 1.92. The number of aliphatic hydroxyl groups excluding tert-OH is 4. The van der Waals surface area contributed by atoms with Gasteiger partial charge in [0, 0.05) is 25.2 Å². The van der Waals surface area contributed by atoms with Crippen LogP contribution >= 0.6 is 0 Å². The highest BCUT2D eigenvalue weighted by atomic mass is 16.6. The molecular weight excluding hydrogens is 404 g/mol. The molecular formula is C23H30O8. The molecule has 0 saturated heterocycles. The Bertz CT molecular complexity index is 869. The Morgan fingerprint density at radius 1 is 0.968 bits per heavy atom. The molecule has 0 aromatic heterocycles. The van der Waals surface area contributed by atoms with Crippen molar-refractivity contribution in [1.29, 1.82) is 0 Å². The molecule has 0 aliphatic carbocycles. The minimum absolute atomic E-state index is 0.0803. The second-order valence-electron chi connectivity index (χ2n) is 7.37. The van der Waals surface area contributed by atoms with Crippen LogP contribution in [-0.4, -0.2) is 60.8 Å². The number of benzene rings is 2. The second-order valence-corrected chi connectivity index (χ2v) is 7.37. The zero-order valence-electron chi connectivity index (χ0n) is 17.8. The van der Waals surface area contributed by atoms with Crippen LogP contribution in [0.4, 0.5) is 0 Å². The summed E-state index contributed by atoms with van der Waals surface area (Å²) in [6.45, 7) is -0.223. The molecule has 0 bridgehead atoms. The molecule has 31 heavy (non-hydrogen) atoms. The maximum absolute atomic E-state index is 10.2. The van der Waals surface area contributed by atoms with Crippen molar-refractivity contribution in [2.24, 2.45) is 0 Å². The van der Waals surface area contributed by atoms with Crippen molar-refractivity contribution in [2.75, 3.05) is 34.0 Å². The van der Waals surface area contributed by atoms with E-state index >= 15 is 0 Å². The van der Waals surface area contributed by atoms with Crippen LogP contribution in [0.2, 0.25) is 0 Å². The standard InChI is InChI=1S/C23H30O8/c1-28-19-12-15(5-6-18(19)30-21(27)7-9-25)22-17(13-26)16-10-14(4-3-8-24)11-20(29-2)23(16)31-22/h5-6,10-12,17,21-22,24-27H,3-4,7-9,13H2,1-2H3/t17-,21+,22-/m1/s1. The van der Waals surface area contributed by atoms with Crippen LogP contribution in [0.3, 0.4) is 0 Å². The SMILES string of the molecule is COc1cc([C@H]2Oc3c(OC)cc(CCCO)cc3[C@H]2CO)ccc1O[C@H](O)CCO. The summed E-state index contributed by atoms with van der Waals surface area (Å²) in [5, 5.41) is 38.1. The molecule has 1 aliphatic heterocycles. The van der Waals surface area contributed by atoms with Crippen molar-refractivity contribution >= 4 is 0 Å². The molecule has 0 unspecified atom stereocenters. The van der Waals surface area contributed by atoms with Crippen molar-refractivity contribution < 1.29 is 39.4 Å². The molecule has 3 atom stereocenters. The van der Waals surface area contributed by atoms with Crippen LogP contribution < -0.4 is 18.9 Å². The fourth-order valence-electron chi connectivity index (χ4n) is 3.80. The summed E-state index contributed by atoms with van der Waals surface area (Å²) in [5.74, 6) is 1.62. The Labute approximate surface area is 181 Å². The molecule has 170 valence electrons. The monoisotopic (exact) mass is 434 g/mol. The third kappa shape index (κ3) is 5.04. The van der Waals surface area contributed by atoms with Crippen molar-refractivity contribution in [2.45, 2.75) is 37.6 Å². The first-order chi connectivity index (χ1) is 15.1. The lowest BCUT2D eigenvalue weighted by atomic mass is 9.90. The van der Waals surface area contributed by atoms with Crippen molar-refractivity contribution in [3.8, 4) is 23.0 Å². The van der Waals surface area contributed by atoms with Crippen LogP contribution in [-0.2, 0) is 6.42 Å². The fourth-order valence-corrected chi connectivity index (χ4v) is 3.80. The minimum Gasteiger partial charge on any atom is -0.493 e. The van der Waals surface area contributed by atoms with Crippen LogP contribution in [0.5, 0.6) is 23.0 Å². The van der Waals surface area contributed by atoms with E-state index in [-0.39, 0.29) is 32.2 Å². The topological polar surface area (TPSA) is 118 Å². The Hall–Kier alpha value is -2.52. The lowest BCUT2D eigenvalue weighted by Crippen LogP contribution is -2.18. The molecule has 2 aromatic rings. The zero-order valence-corrected chi connectivity index (χ0v) is 17.8. The van der Waals surface area contributed by atoms with Gasteiger partial charge in [0.05, 0.1) is 26.7 Å². The normalized spacial score (nSPS) is 18.3. The molecule has 0 saturated carbocycles. The van der Waals surface area contributed by atoms with Crippen LogP contribution in [0, 0.1) is 0 Å². The Morgan fingerprint density at radius 2 is 1.74 bits per heavy atom. The Morgan fingerprint density at radius 3 is 2.39 bits per heavy atom. The zero-order chi connectivity index (χ0) is 22.4. The molecule has 1 aliphatic rings. The highest BCUT2D eigenvalue weighted by Gasteiger charge is 2.38. The number of aryl methyl sites for hydroxylation is 1. The molecule has 3 rings (SSSR count). The summed E-state index contributed by atoms with van der Waals surface area (Å²) >= 11 is 0. The number of rotatable bonds is 11. The number of fused-ring (bicyclic) bond motifs is 1. The van der Waals surface area contributed by atoms with Gasteiger partial charge in [-0.05, 0) is 42.2 Å². The van der Waals surface area contributed by atoms with Gasteiger partial charge in [0.1, 0.15) is 6.10 Å². The summed E-state index contributed by atoms with van der Waals surface area (Å²) in [5.41, 5.74) is 2.64. The molecule has 4 N–H and O–H groups in total. The molecule has 0 spiro atoms. The molecule has 2 aromatic carbocycles. The van der Waals surface area contributed by atoms with E-state index in [1.165, 1.54) is 7.11 Å². The number of methoxy groups -OCH3 is 2. The van der Waals surface area contributed by atoms with E-state index in [0.29, 0.717) is 35.8 Å². The lowest BCUT2D eigenvalue weighted by molar-refractivity contribution is -0.0341. The average molecular weight is 434 g/mol. The van der Waals surface area contributed by atoms with Gasteiger partial charge in [-0.3, -0.25) is 0 Å². The van der Waals surface area contributed by atoms with Gasteiger partial charge in [0.15, 0.2) is 29.3 Å². The number of hydrogen-bond donors (Lipinski definition) is 4. The fraction of sp³-hybridized carbons (Fsp3) is 0.478. The van der Waals surface area contributed by atoms with Gasteiger partial charge in [0.2, 0.25) is 0 Å². The van der Waals surface area contributed by atoms with Crippen LogP contribution in [0.1, 0.15) is 41.6 Å². The van der Waals surface area contributed by atoms with Crippen LogP contribution in [0.25, 0.3) is 0 Å². The summed E-state index contributed by atoms with van der Waals surface area (Å²) in [4.78, 5) is 0. The molecule has 0 amide bonds. The van der Waals surface area contributed by atoms with Gasteiger partial charge in [0.25, 0.3) is 0 Å². The molecule has 0 radical (unpaired) electrons. The third-order valence-corrected chi connectivity index (χ3v) is 5.35. The predicted octanol–water partition coefficient (Wildman–Crippen LogP) is 1.92. The highest BCUT2D eigenvalue weighted by Crippen LogP contribution is 2.51. The smallest absolute Gasteiger partial charge is 0.199 e. The molecule has 8 heteroatoms. The van der Waals surface area contributed by atoms with E-state index < -0.39 is 12.4 Å². The predicted molar refractivity (Wildman–Crippen MR) is 113 cm³/mol. The number of aliphatic hydroxyl groups is 4. The molecule has 1 heterocycles. The summed E-state index contributed by atoms with van der Waals surface area (Å²) in [6.07, 6.45) is -0.206. The van der Waals surface area contributed by atoms with Gasteiger partial charge < -0.3 is 39.4 Å². The van der Waals surface area contributed by atoms with E-state index in [1.54, 1.807) is 25.3 Å². The van der Waals surface area contributed by atoms with Gasteiger partial charge in [-0.25, -0.2) is 0 Å². The van der Waals surface area contributed by atoms with Gasteiger partial charge in [-0.15, -0.1) is 0 Å². The van der Waals surface area contributed by atoms with Crippen molar-refractivity contribution in [3.63, 3.8) is 0 Å². The molecule has 8 nitrogen and oxygen atoms in total. The second kappa shape index (κ2) is 10.7.